The van der Waals surface area contributed by atoms with Crippen LogP contribution in [0.2, 0.25) is 0 Å². The van der Waals surface area contributed by atoms with Crippen molar-refractivity contribution < 1.29 is 0 Å². The van der Waals surface area contributed by atoms with E-state index in [2.05, 4.69) is 43.1 Å². The van der Waals surface area contributed by atoms with E-state index in [-0.39, 0.29) is 0 Å². The minimum Gasteiger partial charge on any atom is -0.233 e. The molecule has 0 atom stereocenters. The average Bonchev–Trinajstić information content (AvgIpc) is 2.26. The molecule has 0 saturated heterocycles. The molecule has 0 unspecified atom stereocenters. The van der Waals surface area contributed by atoms with E-state index in [9.17, 15) is 0 Å². The van der Waals surface area contributed by atoms with Crippen LogP contribution < -0.4 is 0 Å². The molecule has 0 aliphatic rings. The van der Waals surface area contributed by atoms with Gasteiger partial charge in [-0.25, -0.2) is 4.98 Å². The molecule has 1 aromatic rings. The Balaban J connectivity index is 2.62. The van der Waals surface area contributed by atoms with Crippen LogP contribution in [0.1, 0.15) is 5.69 Å². The van der Waals surface area contributed by atoms with Crippen molar-refractivity contribution in [1.29, 1.82) is 0 Å². The zero-order chi connectivity index (χ0) is 8.27. The first-order valence-corrected chi connectivity index (χ1v) is 6.83. The zero-order valence-corrected chi connectivity index (χ0v) is 10.7. The fraction of sp³-hybridized carbons (Fsp3) is 0.500. The van der Waals surface area contributed by atoms with Crippen LogP contribution in [0, 0.1) is 0 Å². The third-order valence-corrected chi connectivity index (χ3v) is 4.06. The first-order chi connectivity index (χ1) is 5.24. The highest BCUT2D eigenvalue weighted by Crippen LogP contribution is 2.28. The largest absolute Gasteiger partial charge is 0.233 e. The number of hydrogen-bond donors (Lipinski definition) is 0. The van der Waals surface area contributed by atoms with E-state index in [1.807, 2.05) is 11.8 Å². The van der Waals surface area contributed by atoms with E-state index >= 15 is 0 Å². The van der Waals surface area contributed by atoms with Crippen molar-refractivity contribution in [3.8, 4) is 0 Å². The van der Waals surface area contributed by atoms with Gasteiger partial charge in [0.25, 0.3) is 0 Å². The summed E-state index contributed by atoms with van der Waals surface area (Å²) in [6.45, 7) is 0. The lowest BCUT2D eigenvalue weighted by atomic mass is 10.4. The van der Waals surface area contributed by atoms with Gasteiger partial charge in [0, 0.05) is 6.42 Å². The van der Waals surface area contributed by atoms with Crippen LogP contribution in [0.4, 0.5) is 0 Å². The average molecular weight is 317 g/mol. The summed E-state index contributed by atoms with van der Waals surface area (Å²) in [5.74, 6) is 1.13. The molecule has 0 aliphatic heterocycles. The molecule has 62 valence electrons. The Morgan fingerprint density at radius 2 is 2.27 bits per heavy atom. The summed E-state index contributed by atoms with van der Waals surface area (Å²) in [5.41, 5.74) is 1.16. The number of nitrogens with zero attached hydrogens (tertiary/aromatic N) is 1. The highest BCUT2D eigenvalue weighted by atomic mass is 79.9. The lowest BCUT2D eigenvalue weighted by molar-refractivity contribution is 1.06. The number of rotatable bonds is 3. The first kappa shape index (κ1) is 10.0. The SMILES string of the molecule is CSCCc1nc(Br)sc1Br. The molecule has 0 bridgehead atoms. The minimum absolute atomic E-state index is 0.959. The number of hydrogen-bond acceptors (Lipinski definition) is 3. The van der Waals surface area contributed by atoms with Crippen molar-refractivity contribution in [3.05, 3.63) is 13.4 Å². The summed E-state index contributed by atoms with van der Waals surface area (Å²) < 4.78 is 2.11. The molecule has 0 amide bonds. The molecule has 1 rings (SSSR count). The maximum atomic E-state index is 4.32. The summed E-state index contributed by atoms with van der Waals surface area (Å²) in [5, 5.41) is 0. The highest BCUT2D eigenvalue weighted by molar-refractivity contribution is 9.12. The number of aromatic nitrogens is 1. The van der Waals surface area contributed by atoms with Crippen LogP contribution in [-0.2, 0) is 6.42 Å². The third kappa shape index (κ3) is 3.05. The second-order valence-electron chi connectivity index (χ2n) is 1.93. The number of halogens is 2. The topological polar surface area (TPSA) is 12.9 Å². The molecule has 0 spiro atoms. The van der Waals surface area contributed by atoms with E-state index in [1.165, 1.54) is 0 Å². The van der Waals surface area contributed by atoms with Gasteiger partial charge < -0.3 is 0 Å². The summed E-state index contributed by atoms with van der Waals surface area (Å²) in [7, 11) is 0. The molecule has 1 nitrogen and oxygen atoms in total. The number of thioether (sulfide) groups is 1. The van der Waals surface area contributed by atoms with E-state index < -0.39 is 0 Å². The van der Waals surface area contributed by atoms with Gasteiger partial charge in [0.05, 0.1) is 9.48 Å². The van der Waals surface area contributed by atoms with Gasteiger partial charge in [-0.1, -0.05) is 11.3 Å². The van der Waals surface area contributed by atoms with Crippen molar-refractivity contribution in [2.75, 3.05) is 12.0 Å². The Hall–Kier alpha value is 0.940. The first-order valence-electron chi connectivity index (χ1n) is 3.03. The number of thiazole rings is 1. The molecule has 0 aliphatic carbocycles. The van der Waals surface area contributed by atoms with Gasteiger partial charge >= 0.3 is 0 Å². The molecule has 0 fully saturated rings. The second kappa shape index (κ2) is 4.84. The van der Waals surface area contributed by atoms with Crippen molar-refractivity contribution >= 4 is 55.0 Å². The molecule has 0 saturated carbocycles. The number of aryl methyl sites for hydroxylation is 1. The van der Waals surface area contributed by atoms with Gasteiger partial charge in [-0.15, -0.1) is 0 Å². The molecule has 1 heterocycles. The van der Waals surface area contributed by atoms with Crippen LogP contribution in [0.15, 0.2) is 7.70 Å². The molecule has 0 radical (unpaired) electrons. The minimum atomic E-state index is 0.959. The summed E-state index contributed by atoms with van der Waals surface area (Å²) in [4.78, 5) is 4.32. The van der Waals surface area contributed by atoms with Crippen LogP contribution in [0.3, 0.4) is 0 Å². The fourth-order valence-electron chi connectivity index (χ4n) is 0.659. The molecule has 5 heteroatoms. The molecule has 0 aromatic carbocycles. The summed E-state index contributed by atoms with van der Waals surface area (Å²) in [6, 6.07) is 0. The van der Waals surface area contributed by atoms with Gasteiger partial charge in [-0.2, -0.15) is 11.8 Å². The standard InChI is InChI=1S/C6H7Br2NS2/c1-10-3-2-4-5(7)11-6(8)9-4/h2-3H2,1H3. The summed E-state index contributed by atoms with van der Waals surface area (Å²) >= 11 is 10.3. The van der Waals surface area contributed by atoms with Gasteiger partial charge in [-0.3, -0.25) is 0 Å². The van der Waals surface area contributed by atoms with Crippen LogP contribution in [0.5, 0.6) is 0 Å². The lowest BCUT2D eigenvalue weighted by Gasteiger charge is -1.92. The lowest BCUT2D eigenvalue weighted by Crippen LogP contribution is -1.88. The fourth-order valence-corrected chi connectivity index (χ4v) is 3.72. The molecule has 0 N–H and O–H groups in total. The quantitative estimate of drug-likeness (QED) is 0.845. The molecular weight excluding hydrogens is 310 g/mol. The monoisotopic (exact) mass is 315 g/mol. The predicted molar refractivity (Wildman–Crippen MR) is 59.6 cm³/mol. The Morgan fingerprint density at radius 1 is 1.55 bits per heavy atom. The van der Waals surface area contributed by atoms with Crippen molar-refractivity contribution in [1.82, 2.24) is 4.98 Å². The third-order valence-electron chi connectivity index (χ3n) is 1.17. The van der Waals surface area contributed by atoms with Crippen molar-refractivity contribution in [2.24, 2.45) is 0 Å². The molecule has 1 aromatic heterocycles. The molecular formula is C6H7Br2NS2. The van der Waals surface area contributed by atoms with E-state index in [1.54, 1.807) is 11.3 Å². The van der Waals surface area contributed by atoms with Gasteiger partial charge in [-0.05, 0) is 43.9 Å². The van der Waals surface area contributed by atoms with Gasteiger partial charge in [0.1, 0.15) is 0 Å². The van der Waals surface area contributed by atoms with Crippen LogP contribution >= 0.6 is 55.0 Å². The maximum absolute atomic E-state index is 4.32. The van der Waals surface area contributed by atoms with Crippen molar-refractivity contribution in [3.63, 3.8) is 0 Å². The maximum Gasteiger partial charge on any atom is 0.160 e. The van der Waals surface area contributed by atoms with Crippen molar-refractivity contribution in [2.45, 2.75) is 6.42 Å². The zero-order valence-electron chi connectivity index (χ0n) is 5.93. The van der Waals surface area contributed by atoms with E-state index in [4.69, 9.17) is 0 Å². The Labute approximate surface area is 91.2 Å². The van der Waals surface area contributed by atoms with Gasteiger partial charge in [0.2, 0.25) is 0 Å². The van der Waals surface area contributed by atoms with Crippen LogP contribution in [0.25, 0.3) is 0 Å². The predicted octanol–water partition coefficient (Wildman–Crippen LogP) is 3.57. The molecule has 11 heavy (non-hydrogen) atoms. The van der Waals surface area contributed by atoms with Gasteiger partial charge in [0.15, 0.2) is 3.92 Å². The Bertz CT molecular complexity index is 236. The normalized spacial score (nSPS) is 10.5. The Kier molecular flexibility index (Phi) is 4.41. The summed E-state index contributed by atoms with van der Waals surface area (Å²) in [6.07, 6.45) is 3.15. The highest BCUT2D eigenvalue weighted by Gasteiger charge is 2.05. The Morgan fingerprint density at radius 3 is 2.73 bits per heavy atom. The van der Waals surface area contributed by atoms with E-state index in [0.29, 0.717) is 0 Å². The second-order valence-corrected chi connectivity index (χ2v) is 6.51. The van der Waals surface area contributed by atoms with Crippen LogP contribution in [-0.4, -0.2) is 17.0 Å². The smallest absolute Gasteiger partial charge is 0.160 e. The van der Waals surface area contributed by atoms with E-state index in [0.717, 1.165) is 25.6 Å².